The molecule has 1 heterocycles. The zero-order valence-corrected chi connectivity index (χ0v) is 11.4. The molecular weight excluding hydrogens is 298 g/mol. The molecule has 0 saturated heterocycles. The van der Waals surface area contributed by atoms with E-state index in [2.05, 4.69) is 10.5 Å². The van der Waals surface area contributed by atoms with Crippen molar-refractivity contribution >= 4 is 46.6 Å². The molecule has 18 heavy (non-hydrogen) atoms. The number of nitrogens with one attached hydrogen (secondary N) is 1. The summed E-state index contributed by atoms with van der Waals surface area (Å²) >= 11 is 17.5. The molecule has 1 aromatic carbocycles. The first kappa shape index (κ1) is 13.2. The summed E-state index contributed by atoms with van der Waals surface area (Å²) in [5.74, 6) is -0.308. The third-order valence-corrected chi connectivity index (χ3v) is 3.38. The molecule has 1 aromatic heterocycles. The highest BCUT2D eigenvalue weighted by molar-refractivity contribution is 6.42. The van der Waals surface area contributed by atoms with Crippen LogP contribution in [-0.2, 0) is 0 Å². The van der Waals surface area contributed by atoms with Crippen LogP contribution in [-0.4, -0.2) is 11.1 Å². The van der Waals surface area contributed by atoms with Gasteiger partial charge in [0.1, 0.15) is 10.7 Å². The summed E-state index contributed by atoms with van der Waals surface area (Å²) in [5, 5.41) is 7.06. The van der Waals surface area contributed by atoms with E-state index in [9.17, 15) is 4.79 Å². The van der Waals surface area contributed by atoms with Crippen LogP contribution in [0.5, 0.6) is 0 Å². The third-order valence-electron chi connectivity index (χ3n) is 2.20. The predicted molar refractivity (Wildman–Crippen MR) is 70.7 cm³/mol. The molecule has 0 aliphatic heterocycles. The van der Waals surface area contributed by atoms with Gasteiger partial charge in [0.15, 0.2) is 0 Å². The summed E-state index contributed by atoms with van der Waals surface area (Å²) in [6.45, 7) is 1.67. The van der Waals surface area contributed by atoms with Gasteiger partial charge in [-0.05, 0) is 25.1 Å². The van der Waals surface area contributed by atoms with Crippen LogP contribution in [0.4, 0.5) is 5.88 Å². The Balaban J connectivity index is 2.22. The van der Waals surface area contributed by atoms with Crippen LogP contribution in [0, 0.1) is 6.92 Å². The molecule has 0 radical (unpaired) electrons. The molecule has 4 nitrogen and oxygen atoms in total. The number of carbonyl (C=O) groups is 1. The number of rotatable bonds is 2. The summed E-state index contributed by atoms with van der Waals surface area (Å²) in [4.78, 5) is 11.9. The maximum absolute atomic E-state index is 11.9. The SMILES string of the molecule is Cc1noc(NC(=O)c2ccc(Cl)c(Cl)c2)c1Cl. The van der Waals surface area contributed by atoms with Crippen LogP contribution < -0.4 is 5.32 Å². The summed E-state index contributed by atoms with van der Waals surface area (Å²) < 4.78 is 4.87. The van der Waals surface area contributed by atoms with E-state index in [1.165, 1.54) is 12.1 Å². The summed E-state index contributed by atoms with van der Waals surface area (Å²) in [5.41, 5.74) is 0.843. The maximum Gasteiger partial charge on any atom is 0.258 e. The van der Waals surface area contributed by atoms with E-state index >= 15 is 0 Å². The quantitative estimate of drug-likeness (QED) is 0.905. The Bertz CT molecular complexity index is 610. The average Bonchev–Trinajstić information content (AvgIpc) is 2.64. The molecule has 7 heteroatoms. The van der Waals surface area contributed by atoms with Crippen LogP contribution in [0.2, 0.25) is 15.1 Å². The first-order chi connectivity index (χ1) is 8.49. The van der Waals surface area contributed by atoms with E-state index in [0.717, 1.165) is 0 Å². The minimum Gasteiger partial charge on any atom is -0.336 e. The lowest BCUT2D eigenvalue weighted by Gasteiger charge is -2.03. The number of halogens is 3. The van der Waals surface area contributed by atoms with Crippen molar-refractivity contribution in [2.24, 2.45) is 0 Å². The standard InChI is InChI=1S/C11H7Cl3N2O2/c1-5-9(14)11(18-16-5)15-10(17)6-2-3-7(12)8(13)4-6/h2-4H,1H3,(H,15,17). The Hall–Kier alpha value is -1.23. The van der Waals surface area contributed by atoms with Crippen molar-refractivity contribution in [1.29, 1.82) is 0 Å². The van der Waals surface area contributed by atoms with Crippen molar-refractivity contribution in [2.45, 2.75) is 6.92 Å². The number of amides is 1. The van der Waals surface area contributed by atoms with Crippen molar-refractivity contribution < 1.29 is 9.32 Å². The van der Waals surface area contributed by atoms with Crippen molar-refractivity contribution in [3.8, 4) is 0 Å². The number of aromatic nitrogens is 1. The van der Waals surface area contributed by atoms with Crippen molar-refractivity contribution in [3.63, 3.8) is 0 Å². The van der Waals surface area contributed by atoms with E-state index in [1.807, 2.05) is 0 Å². The molecule has 0 unspecified atom stereocenters. The summed E-state index contributed by atoms with van der Waals surface area (Å²) in [7, 11) is 0. The number of nitrogens with zero attached hydrogens (tertiary/aromatic N) is 1. The normalized spacial score (nSPS) is 10.4. The second kappa shape index (κ2) is 5.18. The second-order valence-electron chi connectivity index (χ2n) is 3.49. The smallest absolute Gasteiger partial charge is 0.258 e. The lowest BCUT2D eigenvalue weighted by molar-refractivity contribution is 0.102. The van der Waals surface area contributed by atoms with E-state index < -0.39 is 5.91 Å². The van der Waals surface area contributed by atoms with Gasteiger partial charge in [-0.3, -0.25) is 10.1 Å². The van der Waals surface area contributed by atoms with E-state index in [1.54, 1.807) is 13.0 Å². The highest BCUT2D eigenvalue weighted by Crippen LogP contribution is 2.26. The van der Waals surface area contributed by atoms with Gasteiger partial charge in [0.25, 0.3) is 11.8 Å². The van der Waals surface area contributed by atoms with E-state index in [-0.39, 0.29) is 10.9 Å². The number of aryl methyl sites for hydroxylation is 1. The van der Waals surface area contributed by atoms with Gasteiger partial charge in [0.2, 0.25) is 0 Å². The zero-order valence-electron chi connectivity index (χ0n) is 9.13. The Morgan fingerprint density at radius 3 is 2.56 bits per heavy atom. The largest absolute Gasteiger partial charge is 0.336 e. The second-order valence-corrected chi connectivity index (χ2v) is 4.69. The number of hydrogen-bond acceptors (Lipinski definition) is 3. The highest BCUT2D eigenvalue weighted by atomic mass is 35.5. The first-order valence-corrected chi connectivity index (χ1v) is 6.00. The lowest BCUT2D eigenvalue weighted by atomic mass is 10.2. The van der Waals surface area contributed by atoms with Crippen LogP contribution in [0.3, 0.4) is 0 Å². The molecule has 0 aliphatic rings. The van der Waals surface area contributed by atoms with Crippen LogP contribution in [0.1, 0.15) is 16.1 Å². The molecule has 0 fully saturated rings. The fraction of sp³-hybridized carbons (Fsp3) is 0.0909. The Morgan fingerprint density at radius 1 is 1.28 bits per heavy atom. The zero-order chi connectivity index (χ0) is 13.3. The molecule has 1 amide bonds. The van der Waals surface area contributed by atoms with Crippen molar-refractivity contribution in [1.82, 2.24) is 5.16 Å². The Morgan fingerprint density at radius 2 is 2.00 bits per heavy atom. The highest BCUT2D eigenvalue weighted by Gasteiger charge is 2.15. The van der Waals surface area contributed by atoms with Gasteiger partial charge in [0, 0.05) is 5.56 Å². The van der Waals surface area contributed by atoms with Gasteiger partial charge in [-0.25, -0.2) is 0 Å². The monoisotopic (exact) mass is 304 g/mol. The molecule has 2 aromatic rings. The van der Waals surface area contributed by atoms with Crippen LogP contribution in [0.15, 0.2) is 22.7 Å². The summed E-state index contributed by atoms with van der Waals surface area (Å²) in [6, 6.07) is 4.53. The van der Waals surface area contributed by atoms with Crippen LogP contribution in [0.25, 0.3) is 0 Å². The number of carbonyl (C=O) groups excluding carboxylic acids is 1. The van der Waals surface area contributed by atoms with Gasteiger partial charge < -0.3 is 4.52 Å². The molecule has 94 valence electrons. The van der Waals surface area contributed by atoms with Gasteiger partial charge in [-0.1, -0.05) is 40.0 Å². The number of benzene rings is 1. The van der Waals surface area contributed by atoms with Crippen molar-refractivity contribution in [2.75, 3.05) is 5.32 Å². The average molecular weight is 306 g/mol. The Labute approximate surface area is 118 Å². The van der Waals surface area contributed by atoms with Gasteiger partial charge in [-0.15, -0.1) is 0 Å². The molecule has 0 atom stereocenters. The molecule has 0 saturated carbocycles. The molecule has 0 spiro atoms. The van der Waals surface area contributed by atoms with Gasteiger partial charge in [-0.2, -0.15) is 0 Å². The molecular formula is C11H7Cl3N2O2. The first-order valence-electron chi connectivity index (χ1n) is 4.87. The molecule has 1 N–H and O–H groups in total. The number of anilines is 1. The van der Waals surface area contributed by atoms with Crippen molar-refractivity contribution in [3.05, 3.63) is 44.5 Å². The fourth-order valence-electron chi connectivity index (χ4n) is 1.25. The third kappa shape index (κ3) is 2.61. The minimum absolute atomic E-state index is 0.102. The van der Waals surface area contributed by atoms with Gasteiger partial charge in [0.05, 0.1) is 10.0 Å². The lowest BCUT2D eigenvalue weighted by Crippen LogP contribution is -2.11. The fourth-order valence-corrected chi connectivity index (χ4v) is 1.66. The summed E-state index contributed by atoms with van der Waals surface area (Å²) in [6.07, 6.45) is 0. The molecule has 2 rings (SSSR count). The molecule has 0 bridgehead atoms. The minimum atomic E-state index is -0.411. The van der Waals surface area contributed by atoms with E-state index in [4.69, 9.17) is 39.3 Å². The van der Waals surface area contributed by atoms with E-state index in [0.29, 0.717) is 21.3 Å². The van der Waals surface area contributed by atoms with Gasteiger partial charge >= 0.3 is 0 Å². The Kier molecular flexibility index (Phi) is 3.80. The topological polar surface area (TPSA) is 55.1 Å². The molecule has 0 aliphatic carbocycles. The number of hydrogen-bond donors (Lipinski definition) is 1. The maximum atomic E-state index is 11.9. The predicted octanol–water partition coefficient (Wildman–Crippen LogP) is 4.20. The van der Waals surface area contributed by atoms with Crippen LogP contribution >= 0.6 is 34.8 Å².